The smallest absolute Gasteiger partial charge is 0.336 e. The first-order valence-electron chi connectivity index (χ1n) is 10.6. The van der Waals surface area contributed by atoms with Crippen molar-refractivity contribution in [2.24, 2.45) is 10.9 Å². The molecule has 7 nitrogen and oxygen atoms in total. The lowest BCUT2D eigenvalue weighted by Crippen LogP contribution is -2.24. The standard InChI is InChI=1S/C27H26N2O5/c1-18-5-4-6-19(2)27(18)33-17-24(30)26(29-28)21-10-14-23(15-11-21)34-25(31)16-9-20-7-12-22(32-3)13-8-20/h4-16H,17,28H2,1-3H3/b16-9+,29-26+. The van der Waals surface area contributed by atoms with E-state index in [1.807, 2.05) is 44.2 Å². The average Bonchev–Trinajstić information content (AvgIpc) is 2.84. The summed E-state index contributed by atoms with van der Waals surface area (Å²) in [7, 11) is 1.59. The number of nitrogens with two attached hydrogens (primary N) is 1. The number of carbonyl (C=O) groups excluding carboxylic acids is 2. The number of methoxy groups -OCH3 is 1. The number of aryl methyl sites for hydroxylation is 2. The highest BCUT2D eigenvalue weighted by Gasteiger charge is 2.16. The number of esters is 1. The van der Waals surface area contributed by atoms with Crippen molar-refractivity contribution in [3.05, 3.63) is 95.1 Å². The molecule has 174 valence electrons. The second kappa shape index (κ2) is 11.5. The number of benzene rings is 3. The van der Waals surface area contributed by atoms with Crippen molar-refractivity contribution in [2.75, 3.05) is 13.7 Å². The first kappa shape index (κ1) is 24.3. The fourth-order valence-corrected chi connectivity index (χ4v) is 3.25. The van der Waals surface area contributed by atoms with E-state index in [-0.39, 0.29) is 18.1 Å². The summed E-state index contributed by atoms with van der Waals surface area (Å²) in [6.07, 6.45) is 2.97. The van der Waals surface area contributed by atoms with Crippen molar-refractivity contribution in [2.45, 2.75) is 13.8 Å². The maximum Gasteiger partial charge on any atom is 0.336 e. The molecular formula is C27H26N2O5. The molecule has 3 aromatic carbocycles. The molecule has 3 aromatic rings. The number of ketones is 1. The first-order chi connectivity index (χ1) is 16.4. The first-order valence-corrected chi connectivity index (χ1v) is 10.6. The fraction of sp³-hybridized carbons (Fsp3) is 0.148. The summed E-state index contributed by atoms with van der Waals surface area (Å²) in [6, 6.07) is 19.4. The predicted molar refractivity (Wildman–Crippen MR) is 131 cm³/mol. The molecule has 0 saturated heterocycles. The molecule has 0 fully saturated rings. The number of hydrogen-bond acceptors (Lipinski definition) is 7. The summed E-state index contributed by atoms with van der Waals surface area (Å²) in [5, 5.41) is 3.64. The Morgan fingerprint density at radius 1 is 0.912 bits per heavy atom. The van der Waals surface area contributed by atoms with E-state index in [1.165, 1.54) is 6.08 Å². The molecule has 0 aliphatic rings. The van der Waals surface area contributed by atoms with Gasteiger partial charge in [-0.2, -0.15) is 5.10 Å². The van der Waals surface area contributed by atoms with Gasteiger partial charge in [0.1, 0.15) is 23.0 Å². The Kier molecular flexibility index (Phi) is 8.18. The molecule has 3 rings (SSSR count). The molecule has 2 N–H and O–H groups in total. The van der Waals surface area contributed by atoms with Crippen LogP contribution in [0.25, 0.3) is 6.08 Å². The predicted octanol–water partition coefficient (Wildman–Crippen LogP) is 4.24. The van der Waals surface area contributed by atoms with Gasteiger partial charge < -0.3 is 20.1 Å². The number of hydrogen-bond donors (Lipinski definition) is 1. The highest BCUT2D eigenvalue weighted by Crippen LogP contribution is 2.22. The van der Waals surface area contributed by atoms with Crippen molar-refractivity contribution in [1.29, 1.82) is 0 Å². The largest absolute Gasteiger partial charge is 0.497 e. The van der Waals surface area contributed by atoms with Crippen molar-refractivity contribution < 1.29 is 23.8 Å². The molecular weight excluding hydrogens is 432 g/mol. The van der Waals surface area contributed by atoms with Gasteiger partial charge in [0, 0.05) is 11.6 Å². The van der Waals surface area contributed by atoms with Crippen LogP contribution in [0, 0.1) is 13.8 Å². The van der Waals surface area contributed by atoms with Crippen LogP contribution in [0.5, 0.6) is 17.2 Å². The average molecular weight is 459 g/mol. The third-order valence-electron chi connectivity index (χ3n) is 5.02. The Labute approximate surface area is 198 Å². The van der Waals surface area contributed by atoms with E-state index >= 15 is 0 Å². The van der Waals surface area contributed by atoms with Gasteiger partial charge in [0.15, 0.2) is 6.61 Å². The number of Topliss-reactive ketones (excluding diaryl/α,β-unsaturated/α-hetero) is 1. The summed E-state index contributed by atoms with van der Waals surface area (Å²) < 4.78 is 16.1. The minimum atomic E-state index is -0.533. The fourth-order valence-electron chi connectivity index (χ4n) is 3.25. The zero-order chi connectivity index (χ0) is 24.5. The van der Waals surface area contributed by atoms with Gasteiger partial charge >= 0.3 is 5.97 Å². The van der Waals surface area contributed by atoms with Crippen molar-refractivity contribution in [3.8, 4) is 17.2 Å². The van der Waals surface area contributed by atoms with Gasteiger partial charge in [-0.3, -0.25) is 4.79 Å². The Morgan fingerprint density at radius 2 is 1.53 bits per heavy atom. The Balaban J connectivity index is 1.59. The van der Waals surface area contributed by atoms with Gasteiger partial charge in [-0.1, -0.05) is 30.3 Å². The van der Waals surface area contributed by atoms with Crippen LogP contribution in [0.4, 0.5) is 0 Å². The maximum atomic E-state index is 12.7. The summed E-state index contributed by atoms with van der Waals surface area (Å²) in [4.78, 5) is 24.8. The Bertz CT molecular complexity index is 1190. The minimum absolute atomic E-state index is 0.0727. The van der Waals surface area contributed by atoms with E-state index in [0.29, 0.717) is 17.1 Å². The van der Waals surface area contributed by atoms with Crippen LogP contribution in [0.15, 0.2) is 77.9 Å². The van der Waals surface area contributed by atoms with Gasteiger partial charge in [0.25, 0.3) is 0 Å². The van der Waals surface area contributed by atoms with Gasteiger partial charge in [-0.05, 0) is 73.0 Å². The molecule has 0 atom stereocenters. The summed E-state index contributed by atoms with van der Waals surface area (Å²) in [6.45, 7) is 3.63. The molecule has 0 aromatic heterocycles. The molecule has 0 bridgehead atoms. The summed E-state index contributed by atoms with van der Waals surface area (Å²) >= 11 is 0. The third kappa shape index (κ3) is 6.32. The molecule has 0 radical (unpaired) electrons. The van der Waals surface area contributed by atoms with E-state index in [0.717, 1.165) is 22.4 Å². The molecule has 34 heavy (non-hydrogen) atoms. The number of carbonyl (C=O) groups is 2. The lowest BCUT2D eigenvalue weighted by atomic mass is 10.1. The Morgan fingerprint density at radius 3 is 2.12 bits per heavy atom. The zero-order valence-corrected chi connectivity index (χ0v) is 19.3. The van der Waals surface area contributed by atoms with E-state index in [1.54, 1.807) is 49.6 Å². The minimum Gasteiger partial charge on any atom is -0.497 e. The summed E-state index contributed by atoms with van der Waals surface area (Å²) in [5.74, 6) is 6.30. The summed E-state index contributed by atoms with van der Waals surface area (Å²) in [5.41, 5.74) is 3.27. The number of hydrazone groups is 1. The second-order valence-electron chi connectivity index (χ2n) is 7.46. The molecule has 0 heterocycles. The van der Waals surface area contributed by atoms with Crippen LogP contribution in [0.1, 0.15) is 22.3 Å². The van der Waals surface area contributed by atoms with Crippen LogP contribution in [0.2, 0.25) is 0 Å². The van der Waals surface area contributed by atoms with Crippen LogP contribution in [0.3, 0.4) is 0 Å². The number of ether oxygens (including phenoxy) is 3. The quantitative estimate of drug-likeness (QED) is 0.129. The van der Waals surface area contributed by atoms with Gasteiger partial charge in [0.05, 0.1) is 7.11 Å². The van der Waals surface area contributed by atoms with Crippen molar-refractivity contribution >= 4 is 23.5 Å². The van der Waals surface area contributed by atoms with Gasteiger partial charge in [-0.15, -0.1) is 0 Å². The normalized spacial score (nSPS) is 11.3. The zero-order valence-electron chi connectivity index (χ0n) is 19.3. The number of para-hydroxylation sites is 1. The highest BCUT2D eigenvalue weighted by molar-refractivity contribution is 6.46. The van der Waals surface area contributed by atoms with E-state index < -0.39 is 5.97 Å². The highest BCUT2D eigenvalue weighted by atomic mass is 16.5. The van der Waals surface area contributed by atoms with E-state index in [4.69, 9.17) is 20.1 Å². The molecule has 0 aliphatic heterocycles. The van der Waals surface area contributed by atoms with Crippen LogP contribution < -0.4 is 20.1 Å². The van der Waals surface area contributed by atoms with Crippen LogP contribution in [-0.4, -0.2) is 31.2 Å². The molecule has 0 saturated carbocycles. The molecule has 0 spiro atoms. The monoisotopic (exact) mass is 458 g/mol. The van der Waals surface area contributed by atoms with Crippen molar-refractivity contribution in [1.82, 2.24) is 0 Å². The molecule has 7 heteroatoms. The SMILES string of the molecule is COc1ccc(/C=C/C(=O)Oc2ccc(/C(=N\N)C(=O)COc3c(C)cccc3C)cc2)cc1. The van der Waals surface area contributed by atoms with E-state index in [9.17, 15) is 9.59 Å². The lowest BCUT2D eigenvalue weighted by molar-refractivity contribution is -0.128. The number of nitrogens with zero attached hydrogens (tertiary/aromatic N) is 1. The van der Waals surface area contributed by atoms with E-state index in [2.05, 4.69) is 5.10 Å². The van der Waals surface area contributed by atoms with Crippen LogP contribution >= 0.6 is 0 Å². The van der Waals surface area contributed by atoms with Crippen molar-refractivity contribution in [3.63, 3.8) is 0 Å². The van der Waals surface area contributed by atoms with Crippen LogP contribution in [-0.2, 0) is 9.59 Å². The maximum absolute atomic E-state index is 12.7. The molecule has 0 aliphatic carbocycles. The van der Waals surface area contributed by atoms with Gasteiger partial charge in [-0.25, -0.2) is 4.79 Å². The molecule has 0 unspecified atom stereocenters. The lowest BCUT2D eigenvalue weighted by Gasteiger charge is -2.12. The van der Waals surface area contributed by atoms with Gasteiger partial charge in [0.2, 0.25) is 5.78 Å². The number of rotatable bonds is 9. The molecule has 0 amide bonds. The third-order valence-corrected chi connectivity index (χ3v) is 5.02. The topological polar surface area (TPSA) is 100 Å². The second-order valence-corrected chi connectivity index (χ2v) is 7.46. The Hall–Kier alpha value is -4.39.